The summed E-state index contributed by atoms with van der Waals surface area (Å²) < 4.78 is 55.0. The zero-order valence-electron chi connectivity index (χ0n) is 32.0. The van der Waals surface area contributed by atoms with E-state index < -0.39 is 37.1 Å². The van der Waals surface area contributed by atoms with Gasteiger partial charge >= 0.3 is 7.52 Å². The standard InChI is InChI=1S/C36H62N3O7PSSi/c1-34(2,3)20-21-39-31(35(4,5)6)30(40)29(33(39)41)32-37-27-19-18-26(17-14-13-15-24-48(10,43)44)25-28(27)47(42,38-32)45-22-16-23-46-49(11,12)36(7,8)9/h18-19,25,31,40H,13-17,20-24H2,1-12H3,(H,37,38,42)/t31-,47?/m1/s1. The maximum atomic E-state index is 14.8. The average Bonchev–Trinajstić information content (AvgIpc) is 3.19. The molecule has 0 saturated heterocycles. The van der Waals surface area contributed by atoms with E-state index in [1.807, 2.05) is 39.0 Å². The number of fused-ring (bicyclic) bond motifs is 1. The molecular formula is C36H62N3O7PSSi. The fourth-order valence-electron chi connectivity index (χ4n) is 5.72. The lowest BCUT2D eigenvalue weighted by atomic mass is 9.84. The zero-order chi connectivity index (χ0) is 37.2. The maximum absolute atomic E-state index is 14.8. The Morgan fingerprint density at radius 1 is 1.00 bits per heavy atom. The zero-order valence-corrected chi connectivity index (χ0v) is 34.7. The van der Waals surface area contributed by atoms with Crippen molar-refractivity contribution in [2.24, 2.45) is 15.6 Å². The van der Waals surface area contributed by atoms with Crippen molar-refractivity contribution in [1.82, 2.24) is 4.90 Å². The number of amides is 1. The molecule has 10 nitrogen and oxygen atoms in total. The molecule has 1 amide bonds. The molecule has 1 unspecified atom stereocenters. The lowest BCUT2D eigenvalue weighted by Crippen LogP contribution is -2.45. The molecule has 2 aliphatic rings. The first-order valence-electron chi connectivity index (χ1n) is 17.6. The van der Waals surface area contributed by atoms with E-state index >= 15 is 0 Å². The van der Waals surface area contributed by atoms with Crippen LogP contribution in [0.2, 0.25) is 18.1 Å². The van der Waals surface area contributed by atoms with E-state index in [-0.39, 0.29) is 45.9 Å². The minimum atomic E-state index is -3.91. The van der Waals surface area contributed by atoms with Crippen molar-refractivity contribution in [2.45, 2.75) is 125 Å². The summed E-state index contributed by atoms with van der Waals surface area (Å²) in [6.45, 7) is 24.3. The van der Waals surface area contributed by atoms with Gasteiger partial charge in [0.25, 0.3) is 5.91 Å². The first-order valence-corrected chi connectivity index (χ1v) is 24.1. The highest BCUT2D eigenvalue weighted by Crippen LogP contribution is 2.53. The highest BCUT2D eigenvalue weighted by atomic mass is 32.2. The molecule has 13 heteroatoms. The number of aliphatic hydroxyl groups excluding tert-OH is 1. The molecule has 0 bridgehead atoms. The molecule has 0 radical (unpaired) electrons. The second kappa shape index (κ2) is 15.3. The molecule has 0 spiro atoms. The van der Waals surface area contributed by atoms with Gasteiger partial charge in [-0.1, -0.05) is 74.8 Å². The van der Waals surface area contributed by atoms with Gasteiger partial charge in [0.05, 0.1) is 23.6 Å². The second-order valence-electron chi connectivity index (χ2n) is 17.5. The molecule has 2 heterocycles. The molecular weight excluding hydrogens is 678 g/mol. The minimum Gasteiger partial charge on any atom is -0.509 e. The quantitative estimate of drug-likeness (QED) is 0.105. The summed E-state index contributed by atoms with van der Waals surface area (Å²) >= 11 is 0. The predicted molar refractivity (Wildman–Crippen MR) is 204 cm³/mol. The van der Waals surface area contributed by atoms with Crippen LogP contribution in [-0.4, -0.2) is 76.3 Å². The number of amidine groups is 1. The van der Waals surface area contributed by atoms with Crippen LogP contribution in [-0.2, 0) is 34.6 Å². The van der Waals surface area contributed by atoms with Crippen LogP contribution in [0.1, 0.15) is 100.0 Å². The van der Waals surface area contributed by atoms with Crippen molar-refractivity contribution >= 4 is 48.4 Å². The van der Waals surface area contributed by atoms with Gasteiger partial charge in [-0.2, -0.15) is 4.76 Å². The molecule has 0 aliphatic carbocycles. The molecule has 49 heavy (non-hydrogen) atoms. The normalized spacial score (nSPS) is 20.8. The molecule has 0 saturated carbocycles. The highest BCUT2D eigenvalue weighted by Gasteiger charge is 2.49. The number of aliphatic hydroxyl groups is 1. The van der Waals surface area contributed by atoms with Crippen LogP contribution in [0.15, 0.2) is 34.3 Å². The van der Waals surface area contributed by atoms with E-state index in [0.29, 0.717) is 43.4 Å². The van der Waals surface area contributed by atoms with Crippen molar-refractivity contribution in [3.8, 4) is 0 Å². The summed E-state index contributed by atoms with van der Waals surface area (Å²) in [6, 6.07) is 5.02. The molecule has 0 fully saturated rings. The van der Waals surface area contributed by atoms with Crippen molar-refractivity contribution < 1.29 is 31.8 Å². The summed E-state index contributed by atoms with van der Waals surface area (Å²) in [7, 11) is -8.88. The van der Waals surface area contributed by atoms with E-state index in [4.69, 9.17) is 8.95 Å². The van der Waals surface area contributed by atoms with Crippen molar-refractivity contribution in [2.75, 3.05) is 37.1 Å². The molecule has 2 atom stereocenters. The number of unbranched alkanes of at least 4 members (excludes halogenated alkanes) is 2. The molecule has 278 valence electrons. The Kier molecular flexibility index (Phi) is 13.0. The lowest BCUT2D eigenvalue weighted by molar-refractivity contribution is -0.128. The van der Waals surface area contributed by atoms with Gasteiger partial charge in [-0.25, -0.2) is 8.42 Å². The van der Waals surface area contributed by atoms with Crippen LogP contribution in [0.25, 0.3) is 0 Å². The second-order valence-corrected chi connectivity index (χ2v) is 26.6. The van der Waals surface area contributed by atoms with Gasteiger partial charge in [-0.15, -0.1) is 0 Å². The first kappa shape index (κ1) is 41.4. The number of carbonyl (C=O) groups excluding carboxylic acids is 1. The number of nitrogens with one attached hydrogen (secondary N) is 1. The lowest BCUT2D eigenvalue weighted by Gasteiger charge is -2.36. The number of benzene rings is 1. The van der Waals surface area contributed by atoms with E-state index in [0.717, 1.165) is 24.8 Å². The summed E-state index contributed by atoms with van der Waals surface area (Å²) in [5, 5.41) is 15.4. The predicted octanol–water partition coefficient (Wildman–Crippen LogP) is 8.02. The Morgan fingerprint density at radius 2 is 1.65 bits per heavy atom. The highest BCUT2D eigenvalue weighted by molar-refractivity contribution is 7.90. The van der Waals surface area contributed by atoms with Crippen LogP contribution in [0.5, 0.6) is 0 Å². The fourth-order valence-corrected chi connectivity index (χ4v) is 9.40. The minimum absolute atomic E-state index is 0.0239. The third-order valence-corrected chi connectivity index (χ3v) is 17.2. The van der Waals surface area contributed by atoms with Gasteiger partial charge in [0.15, 0.2) is 14.2 Å². The van der Waals surface area contributed by atoms with E-state index in [9.17, 15) is 22.9 Å². The van der Waals surface area contributed by atoms with E-state index in [2.05, 4.69) is 64.7 Å². The van der Waals surface area contributed by atoms with Gasteiger partial charge in [-0.3, -0.25) is 9.36 Å². The topological polar surface area (TPSA) is 135 Å². The Hall–Kier alpha value is -1.98. The van der Waals surface area contributed by atoms with Crippen LogP contribution in [0.3, 0.4) is 0 Å². The van der Waals surface area contributed by atoms with Gasteiger partial charge in [0.1, 0.15) is 21.2 Å². The number of hydrogen-bond donors (Lipinski definition) is 2. The first-order chi connectivity index (χ1) is 22.3. The maximum Gasteiger partial charge on any atom is 0.348 e. The number of rotatable bonds is 15. The average molecular weight is 740 g/mol. The van der Waals surface area contributed by atoms with E-state index in [1.165, 1.54) is 6.26 Å². The molecule has 2 N–H and O–H groups in total. The monoisotopic (exact) mass is 739 g/mol. The molecule has 0 aromatic heterocycles. The molecule has 1 aromatic rings. The number of nitrogens with zero attached hydrogens (tertiary/aromatic N) is 2. The Balaban J connectivity index is 1.95. The summed E-state index contributed by atoms with van der Waals surface area (Å²) in [5.41, 5.74) is 0.986. The number of aryl methyl sites for hydroxylation is 1. The third kappa shape index (κ3) is 11.0. The van der Waals surface area contributed by atoms with Gasteiger partial charge in [0, 0.05) is 25.2 Å². The third-order valence-electron chi connectivity index (χ3n) is 9.62. The molecule has 3 rings (SSSR count). The Labute approximate surface area is 297 Å². The van der Waals surface area contributed by atoms with Gasteiger partial charge in [-0.05, 0) is 78.8 Å². The fraction of sp³-hybridized carbons (Fsp3) is 0.722. The summed E-state index contributed by atoms with van der Waals surface area (Å²) in [5.74, 6) is -0.222. The number of sulfone groups is 1. The van der Waals surface area contributed by atoms with Crippen molar-refractivity contribution in [1.29, 1.82) is 0 Å². The number of carbonyl (C=O) groups is 1. The van der Waals surface area contributed by atoms with Crippen molar-refractivity contribution in [3.05, 3.63) is 35.1 Å². The van der Waals surface area contributed by atoms with E-state index in [1.54, 1.807) is 4.90 Å². The largest absolute Gasteiger partial charge is 0.509 e. The van der Waals surface area contributed by atoms with Crippen molar-refractivity contribution in [3.63, 3.8) is 0 Å². The molecule has 2 aliphatic heterocycles. The van der Waals surface area contributed by atoms with Crippen LogP contribution >= 0.6 is 7.52 Å². The summed E-state index contributed by atoms with van der Waals surface area (Å²) in [4.78, 5) is 15.8. The Morgan fingerprint density at radius 3 is 2.22 bits per heavy atom. The molecule has 1 aromatic carbocycles. The van der Waals surface area contributed by atoms with Crippen LogP contribution in [0.4, 0.5) is 5.69 Å². The van der Waals surface area contributed by atoms with Gasteiger partial charge in [0.2, 0.25) is 0 Å². The number of hydrogen-bond acceptors (Lipinski definition) is 8. The Bertz CT molecular complexity index is 1580. The van der Waals surface area contributed by atoms with Crippen LogP contribution < -0.4 is 10.6 Å². The smallest absolute Gasteiger partial charge is 0.348 e. The SMILES string of the molecule is CC(C)(C)CCN1C(=O)C(C2=NP(=O)(OCCCO[Si](C)(C)C(C)(C)C)c3cc(CCCCCS(C)(=O)=O)ccc3N2)=C(O)[C@@H]1C(C)(C)C. The van der Waals surface area contributed by atoms with Gasteiger partial charge < -0.3 is 24.3 Å². The van der Waals surface area contributed by atoms with Crippen LogP contribution in [0, 0.1) is 10.8 Å². The summed E-state index contributed by atoms with van der Waals surface area (Å²) in [6.07, 6.45) is 5.30. The number of anilines is 1.